The van der Waals surface area contributed by atoms with Crippen LogP contribution in [-0.2, 0) is 0 Å². The van der Waals surface area contributed by atoms with Crippen molar-refractivity contribution in [2.45, 2.75) is 0 Å². The molecule has 0 fully saturated rings. The number of H-pyrrole nitrogens is 1. The molecule has 2 aromatic heterocycles. The van der Waals surface area contributed by atoms with E-state index in [0.717, 1.165) is 6.33 Å². The largest absolute Gasteiger partial charge is 0.476 e. The van der Waals surface area contributed by atoms with Crippen molar-refractivity contribution >= 4 is 11.7 Å². The first kappa shape index (κ1) is 11.6. The molecule has 2 rings (SSSR count). The van der Waals surface area contributed by atoms with E-state index < -0.39 is 11.5 Å². The maximum Gasteiger partial charge on any atom is 0.358 e. The Morgan fingerprint density at radius 3 is 2.94 bits per heavy atom. The quantitative estimate of drug-likeness (QED) is 0.708. The van der Waals surface area contributed by atoms with E-state index in [2.05, 4.69) is 15.0 Å². The van der Waals surface area contributed by atoms with Crippen molar-refractivity contribution < 1.29 is 14.6 Å². The van der Waals surface area contributed by atoms with Crippen molar-refractivity contribution in [3.63, 3.8) is 0 Å². The summed E-state index contributed by atoms with van der Waals surface area (Å²) in [4.78, 5) is 31.7. The van der Waals surface area contributed by atoms with Crippen molar-refractivity contribution in [3.8, 4) is 11.6 Å². The highest BCUT2D eigenvalue weighted by atomic mass is 16.5. The third-order valence-corrected chi connectivity index (χ3v) is 2.03. The molecule has 0 aliphatic carbocycles. The van der Waals surface area contributed by atoms with Crippen molar-refractivity contribution in [1.82, 2.24) is 15.0 Å². The van der Waals surface area contributed by atoms with E-state index in [1.165, 1.54) is 18.3 Å². The van der Waals surface area contributed by atoms with E-state index in [1.54, 1.807) is 0 Å². The molecule has 4 N–H and O–H groups in total. The van der Waals surface area contributed by atoms with Gasteiger partial charge in [0.2, 0.25) is 5.88 Å². The second-order valence-electron chi connectivity index (χ2n) is 3.21. The van der Waals surface area contributed by atoms with Gasteiger partial charge in [0, 0.05) is 6.20 Å². The molecule has 2 heterocycles. The van der Waals surface area contributed by atoms with Gasteiger partial charge in [-0.05, 0) is 12.1 Å². The van der Waals surface area contributed by atoms with Crippen LogP contribution in [0.2, 0.25) is 0 Å². The zero-order chi connectivity index (χ0) is 13.1. The maximum atomic E-state index is 11.2. The number of aromatic carboxylic acids is 1. The van der Waals surface area contributed by atoms with Gasteiger partial charge in [0.25, 0.3) is 5.56 Å². The Morgan fingerprint density at radius 2 is 2.22 bits per heavy atom. The third kappa shape index (κ3) is 2.12. The molecule has 2 aromatic rings. The summed E-state index contributed by atoms with van der Waals surface area (Å²) >= 11 is 0. The summed E-state index contributed by atoms with van der Waals surface area (Å²) in [5.74, 6) is -1.47. The molecular formula is C10H8N4O4. The fourth-order valence-corrected chi connectivity index (χ4v) is 1.21. The standard InChI is InChI=1S/C10H8N4O4/c11-6-8(15)13-4-14-9(6)18-5-2-1-3-12-7(5)10(16)17/h1-4H,11H2,(H,16,17)(H,13,14,15). The molecule has 0 bridgehead atoms. The summed E-state index contributed by atoms with van der Waals surface area (Å²) in [5, 5.41) is 8.91. The van der Waals surface area contributed by atoms with Crippen LogP contribution in [0.15, 0.2) is 29.5 Å². The topological polar surface area (TPSA) is 131 Å². The number of carboxylic acids is 1. The zero-order valence-electron chi connectivity index (χ0n) is 8.95. The molecule has 0 aliphatic rings. The molecule has 0 radical (unpaired) electrons. The minimum atomic E-state index is -1.26. The van der Waals surface area contributed by atoms with E-state index in [-0.39, 0.29) is 23.0 Å². The minimum Gasteiger partial charge on any atom is -0.476 e. The van der Waals surface area contributed by atoms with Gasteiger partial charge in [0.15, 0.2) is 17.1 Å². The molecular weight excluding hydrogens is 240 g/mol. The predicted molar refractivity (Wildman–Crippen MR) is 60.5 cm³/mol. The van der Waals surface area contributed by atoms with Crippen LogP contribution in [0.4, 0.5) is 5.69 Å². The number of carboxylic acid groups (broad SMARTS) is 1. The number of carbonyl (C=O) groups is 1. The summed E-state index contributed by atoms with van der Waals surface area (Å²) in [6, 6.07) is 2.88. The lowest BCUT2D eigenvalue weighted by molar-refractivity contribution is 0.0687. The minimum absolute atomic E-state index is 0.0465. The molecule has 0 unspecified atom stereocenters. The number of hydrogen-bond acceptors (Lipinski definition) is 6. The normalized spacial score (nSPS) is 10.0. The number of ether oxygens (including phenoxy) is 1. The number of nitrogen functional groups attached to an aromatic ring is 1. The molecule has 0 aliphatic heterocycles. The number of pyridine rings is 1. The fraction of sp³-hybridized carbons (Fsp3) is 0. The number of rotatable bonds is 3. The second-order valence-corrected chi connectivity index (χ2v) is 3.21. The summed E-state index contributed by atoms with van der Waals surface area (Å²) in [5.41, 5.74) is 4.36. The van der Waals surface area contributed by atoms with E-state index in [1.807, 2.05) is 0 Å². The molecule has 0 saturated heterocycles. The maximum absolute atomic E-state index is 11.2. The van der Waals surface area contributed by atoms with E-state index in [9.17, 15) is 9.59 Å². The van der Waals surface area contributed by atoms with Gasteiger partial charge in [-0.3, -0.25) is 4.79 Å². The van der Waals surface area contributed by atoms with Gasteiger partial charge in [-0.15, -0.1) is 0 Å². The first-order valence-electron chi connectivity index (χ1n) is 4.79. The van der Waals surface area contributed by atoms with E-state index >= 15 is 0 Å². The van der Waals surface area contributed by atoms with Gasteiger partial charge in [-0.2, -0.15) is 0 Å². The van der Waals surface area contributed by atoms with Crippen LogP contribution in [0.25, 0.3) is 0 Å². The molecule has 0 spiro atoms. The van der Waals surface area contributed by atoms with Gasteiger partial charge in [0.05, 0.1) is 6.33 Å². The number of aromatic amines is 1. The summed E-state index contributed by atoms with van der Waals surface area (Å²) in [7, 11) is 0. The SMILES string of the molecule is Nc1c(Oc2cccnc2C(=O)O)nc[nH]c1=O. The highest BCUT2D eigenvalue weighted by Gasteiger charge is 2.15. The molecule has 0 atom stereocenters. The summed E-state index contributed by atoms with van der Waals surface area (Å²) in [6.45, 7) is 0. The molecule has 0 amide bonds. The first-order valence-corrected chi connectivity index (χ1v) is 4.79. The lowest BCUT2D eigenvalue weighted by Crippen LogP contribution is -2.14. The Bertz CT molecular complexity index is 652. The van der Waals surface area contributed by atoms with Crippen LogP contribution in [0.5, 0.6) is 11.6 Å². The number of anilines is 1. The van der Waals surface area contributed by atoms with Crippen LogP contribution in [0.1, 0.15) is 10.5 Å². The van der Waals surface area contributed by atoms with Gasteiger partial charge in [0.1, 0.15) is 0 Å². The second kappa shape index (κ2) is 4.53. The monoisotopic (exact) mass is 248 g/mol. The first-order chi connectivity index (χ1) is 8.59. The zero-order valence-corrected chi connectivity index (χ0v) is 8.95. The molecule has 0 saturated carbocycles. The predicted octanol–water partition coefficient (Wildman–Crippen LogP) is 0.238. The number of hydrogen-bond donors (Lipinski definition) is 3. The van der Waals surface area contributed by atoms with Crippen LogP contribution in [0, 0.1) is 0 Å². The fourth-order valence-electron chi connectivity index (χ4n) is 1.21. The van der Waals surface area contributed by atoms with E-state index in [4.69, 9.17) is 15.6 Å². The summed E-state index contributed by atoms with van der Waals surface area (Å²) in [6.07, 6.45) is 2.41. The molecule has 18 heavy (non-hydrogen) atoms. The summed E-state index contributed by atoms with van der Waals surface area (Å²) < 4.78 is 5.18. The average Bonchev–Trinajstić information content (AvgIpc) is 2.35. The van der Waals surface area contributed by atoms with Crippen molar-refractivity contribution in [1.29, 1.82) is 0 Å². The van der Waals surface area contributed by atoms with Crippen LogP contribution >= 0.6 is 0 Å². The molecule has 0 aromatic carbocycles. The number of nitrogens with one attached hydrogen (secondary N) is 1. The van der Waals surface area contributed by atoms with Gasteiger partial charge >= 0.3 is 5.97 Å². The number of nitrogens with two attached hydrogens (primary N) is 1. The lowest BCUT2D eigenvalue weighted by Gasteiger charge is -2.07. The van der Waals surface area contributed by atoms with Crippen molar-refractivity contribution in [2.75, 3.05) is 5.73 Å². The lowest BCUT2D eigenvalue weighted by atomic mass is 10.3. The Morgan fingerprint density at radius 1 is 1.44 bits per heavy atom. The average molecular weight is 248 g/mol. The third-order valence-electron chi connectivity index (χ3n) is 2.03. The Kier molecular flexibility index (Phi) is 2.92. The van der Waals surface area contributed by atoms with Crippen molar-refractivity contribution in [3.05, 3.63) is 40.7 Å². The Hall–Kier alpha value is -2.90. The number of nitrogens with zero attached hydrogens (tertiary/aromatic N) is 2. The van der Waals surface area contributed by atoms with Crippen molar-refractivity contribution in [2.24, 2.45) is 0 Å². The number of aromatic nitrogens is 3. The van der Waals surface area contributed by atoms with E-state index in [0.29, 0.717) is 0 Å². The van der Waals surface area contributed by atoms with Gasteiger partial charge < -0.3 is 20.6 Å². The Balaban J connectivity index is 2.43. The smallest absolute Gasteiger partial charge is 0.358 e. The van der Waals surface area contributed by atoms with Crippen LogP contribution in [-0.4, -0.2) is 26.0 Å². The molecule has 8 heteroatoms. The molecule has 8 nitrogen and oxygen atoms in total. The van der Waals surface area contributed by atoms with Crippen LogP contribution in [0.3, 0.4) is 0 Å². The highest BCUT2D eigenvalue weighted by Crippen LogP contribution is 2.24. The highest BCUT2D eigenvalue weighted by molar-refractivity contribution is 5.88. The van der Waals surface area contributed by atoms with Crippen LogP contribution < -0.4 is 16.0 Å². The Labute approximate surface area is 100 Å². The van der Waals surface area contributed by atoms with Gasteiger partial charge in [-0.25, -0.2) is 14.8 Å². The van der Waals surface area contributed by atoms with Gasteiger partial charge in [-0.1, -0.05) is 0 Å². The molecule has 92 valence electrons.